The Morgan fingerprint density at radius 1 is 1.30 bits per heavy atom. The van der Waals surface area contributed by atoms with Gasteiger partial charge in [-0.25, -0.2) is 0 Å². The fourth-order valence-corrected chi connectivity index (χ4v) is 1.74. The summed E-state index contributed by atoms with van der Waals surface area (Å²) in [5.41, 5.74) is 1.97. The standard InChI is InChI=1S/C15H22N2O3/c1-4-12-5-7-13(8-6-12)16-15(20)11(2)17(3)10-9-14(18)19/h5-8,11H,4,9-10H2,1-3H3,(H,16,20)(H,18,19). The highest BCUT2D eigenvalue weighted by Crippen LogP contribution is 2.11. The molecule has 0 saturated heterocycles. The molecule has 0 saturated carbocycles. The number of anilines is 1. The highest BCUT2D eigenvalue weighted by Gasteiger charge is 2.18. The normalized spacial score (nSPS) is 12.2. The third-order valence-corrected chi connectivity index (χ3v) is 3.35. The summed E-state index contributed by atoms with van der Waals surface area (Å²) in [5, 5.41) is 11.5. The van der Waals surface area contributed by atoms with E-state index in [4.69, 9.17) is 5.11 Å². The molecule has 0 aliphatic carbocycles. The summed E-state index contributed by atoms with van der Waals surface area (Å²) in [6.07, 6.45) is 0.988. The molecule has 20 heavy (non-hydrogen) atoms. The zero-order valence-corrected chi connectivity index (χ0v) is 12.2. The van der Waals surface area contributed by atoms with Gasteiger partial charge in [0.05, 0.1) is 12.5 Å². The molecule has 5 heteroatoms. The Bertz CT molecular complexity index is 457. The SMILES string of the molecule is CCc1ccc(NC(=O)C(C)N(C)CCC(=O)O)cc1. The first-order valence-electron chi connectivity index (χ1n) is 6.76. The monoisotopic (exact) mass is 278 g/mol. The van der Waals surface area contributed by atoms with Gasteiger partial charge in [-0.15, -0.1) is 0 Å². The van der Waals surface area contributed by atoms with Crippen LogP contribution >= 0.6 is 0 Å². The first-order valence-corrected chi connectivity index (χ1v) is 6.76. The highest BCUT2D eigenvalue weighted by molar-refractivity contribution is 5.94. The van der Waals surface area contributed by atoms with Crippen LogP contribution in [0.5, 0.6) is 0 Å². The lowest BCUT2D eigenvalue weighted by Crippen LogP contribution is -2.40. The third-order valence-electron chi connectivity index (χ3n) is 3.35. The first kappa shape index (κ1) is 16.2. The zero-order valence-electron chi connectivity index (χ0n) is 12.2. The lowest BCUT2D eigenvalue weighted by atomic mass is 10.1. The van der Waals surface area contributed by atoms with E-state index in [1.807, 2.05) is 24.3 Å². The van der Waals surface area contributed by atoms with E-state index in [9.17, 15) is 9.59 Å². The molecule has 0 aliphatic rings. The number of carbonyl (C=O) groups excluding carboxylic acids is 1. The Labute approximate surface area is 119 Å². The smallest absolute Gasteiger partial charge is 0.304 e. The lowest BCUT2D eigenvalue weighted by molar-refractivity contribution is -0.137. The molecule has 1 aromatic rings. The zero-order chi connectivity index (χ0) is 15.1. The molecule has 1 amide bonds. The summed E-state index contributed by atoms with van der Waals surface area (Å²) in [7, 11) is 1.74. The number of carboxylic acid groups (broad SMARTS) is 1. The quantitative estimate of drug-likeness (QED) is 0.800. The van der Waals surface area contributed by atoms with Gasteiger partial charge in [-0.3, -0.25) is 14.5 Å². The van der Waals surface area contributed by atoms with Crippen molar-refractivity contribution >= 4 is 17.6 Å². The summed E-state index contributed by atoms with van der Waals surface area (Å²) < 4.78 is 0. The Morgan fingerprint density at radius 3 is 2.40 bits per heavy atom. The van der Waals surface area contributed by atoms with E-state index >= 15 is 0 Å². The van der Waals surface area contributed by atoms with Crippen LogP contribution in [0.4, 0.5) is 5.69 Å². The molecule has 0 radical (unpaired) electrons. The maximum Gasteiger partial charge on any atom is 0.304 e. The number of hydrogen-bond acceptors (Lipinski definition) is 3. The van der Waals surface area contributed by atoms with Gasteiger partial charge in [-0.1, -0.05) is 19.1 Å². The topological polar surface area (TPSA) is 69.6 Å². The largest absolute Gasteiger partial charge is 0.481 e. The van der Waals surface area contributed by atoms with E-state index in [0.717, 1.165) is 12.1 Å². The number of nitrogens with zero attached hydrogens (tertiary/aromatic N) is 1. The molecular formula is C15H22N2O3. The Balaban J connectivity index is 2.53. The Hall–Kier alpha value is -1.88. The van der Waals surface area contributed by atoms with Crippen LogP contribution in [0.25, 0.3) is 0 Å². The van der Waals surface area contributed by atoms with Crippen LogP contribution in [0.2, 0.25) is 0 Å². The van der Waals surface area contributed by atoms with Crippen LogP contribution in [0, 0.1) is 0 Å². The number of benzene rings is 1. The van der Waals surface area contributed by atoms with Crippen molar-refractivity contribution in [3.05, 3.63) is 29.8 Å². The number of carbonyl (C=O) groups is 2. The molecule has 0 aliphatic heterocycles. The molecule has 0 spiro atoms. The summed E-state index contributed by atoms with van der Waals surface area (Å²) >= 11 is 0. The van der Waals surface area contributed by atoms with Crippen LogP contribution in [-0.2, 0) is 16.0 Å². The molecule has 1 rings (SSSR count). The maximum absolute atomic E-state index is 12.1. The van der Waals surface area contributed by atoms with Crippen molar-refractivity contribution < 1.29 is 14.7 Å². The summed E-state index contributed by atoms with van der Waals surface area (Å²) in [5.74, 6) is -0.998. The van der Waals surface area contributed by atoms with Crippen molar-refractivity contribution in [2.24, 2.45) is 0 Å². The minimum Gasteiger partial charge on any atom is -0.481 e. The van der Waals surface area contributed by atoms with Crippen molar-refractivity contribution in [3.8, 4) is 0 Å². The molecule has 1 atom stereocenters. The summed E-state index contributed by atoms with van der Waals surface area (Å²) in [6, 6.07) is 7.34. The fraction of sp³-hybridized carbons (Fsp3) is 0.467. The predicted octanol–water partition coefficient (Wildman–Crippen LogP) is 1.98. The van der Waals surface area contributed by atoms with Gasteiger partial charge in [-0.05, 0) is 38.1 Å². The van der Waals surface area contributed by atoms with Crippen molar-refractivity contribution in [3.63, 3.8) is 0 Å². The number of aliphatic carboxylic acids is 1. The van der Waals surface area contributed by atoms with Crippen LogP contribution in [0.15, 0.2) is 24.3 Å². The van der Waals surface area contributed by atoms with E-state index < -0.39 is 5.97 Å². The molecule has 5 nitrogen and oxygen atoms in total. The molecule has 0 heterocycles. The van der Waals surface area contributed by atoms with E-state index in [1.54, 1.807) is 18.9 Å². The lowest BCUT2D eigenvalue weighted by Gasteiger charge is -2.23. The second-order valence-electron chi connectivity index (χ2n) is 4.84. The van der Waals surface area contributed by atoms with Crippen molar-refractivity contribution in [2.45, 2.75) is 32.7 Å². The Morgan fingerprint density at radius 2 is 1.90 bits per heavy atom. The molecule has 2 N–H and O–H groups in total. The molecule has 1 aromatic carbocycles. The average molecular weight is 278 g/mol. The number of hydrogen-bond donors (Lipinski definition) is 2. The predicted molar refractivity (Wildman–Crippen MR) is 78.8 cm³/mol. The van der Waals surface area contributed by atoms with Crippen LogP contribution in [0.3, 0.4) is 0 Å². The fourth-order valence-electron chi connectivity index (χ4n) is 1.74. The molecular weight excluding hydrogens is 256 g/mol. The minimum absolute atomic E-state index is 0.0271. The number of aryl methyl sites for hydroxylation is 1. The number of likely N-dealkylation sites (N-methyl/N-ethyl adjacent to an activating group) is 1. The van der Waals surface area contributed by atoms with Crippen LogP contribution in [0.1, 0.15) is 25.8 Å². The van der Waals surface area contributed by atoms with Crippen LogP contribution in [-0.4, -0.2) is 41.5 Å². The average Bonchev–Trinajstić information content (AvgIpc) is 2.44. The van der Waals surface area contributed by atoms with Gasteiger partial charge in [-0.2, -0.15) is 0 Å². The third kappa shape index (κ3) is 5.01. The number of carboxylic acids is 1. The number of nitrogens with one attached hydrogen (secondary N) is 1. The molecule has 1 unspecified atom stereocenters. The first-order chi connectivity index (χ1) is 9.43. The second-order valence-corrected chi connectivity index (χ2v) is 4.84. The number of rotatable bonds is 7. The second kappa shape index (κ2) is 7.65. The maximum atomic E-state index is 12.1. The van der Waals surface area contributed by atoms with Crippen molar-refractivity contribution in [1.29, 1.82) is 0 Å². The molecule has 110 valence electrons. The van der Waals surface area contributed by atoms with Gasteiger partial charge < -0.3 is 10.4 Å². The van der Waals surface area contributed by atoms with E-state index in [-0.39, 0.29) is 18.4 Å². The summed E-state index contributed by atoms with van der Waals surface area (Å²) in [4.78, 5) is 24.3. The van der Waals surface area contributed by atoms with Gasteiger partial charge in [0, 0.05) is 12.2 Å². The van der Waals surface area contributed by atoms with E-state index in [0.29, 0.717) is 6.54 Å². The van der Waals surface area contributed by atoms with Gasteiger partial charge in [0.2, 0.25) is 5.91 Å². The summed E-state index contributed by atoms with van der Waals surface area (Å²) in [6.45, 7) is 4.18. The van der Waals surface area contributed by atoms with Gasteiger partial charge >= 0.3 is 5.97 Å². The van der Waals surface area contributed by atoms with Gasteiger partial charge in [0.25, 0.3) is 0 Å². The van der Waals surface area contributed by atoms with Crippen molar-refractivity contribution in [1.82, 2.24) is 4.90 Å². The molecule has 0 fully saturated rings. The molecule has 0 aromatic heterocycles. The van der Waals surface area contributed by atoms with Crippen molar-refractivity contribution in [2.75, 3.05) is 18.9 Å². The van der Waals surface area contributed by atoms with Gasteiger partial charge in [0.15, 0.2) is 0 Å². The Kier molecular flexibility index (Phi) is 6.18. The van der Waals surface area contributed by atoms with E-state index in [2.05, 4.69) is 12.2 Å². The number of amides is 1. The molecule has 0 bridgehead atoms. The minimum atomic E-state index is -0.861. The highest BCUT2D eigenvalue weighted by atomic mass is 16.4. The van der Waals surface area contributed by atoms with Gasteiger partial charge in [0.1, 0.15) is 0 Å². The van der Waals surface area contributed by atoms with Crippen LogP contribution < -0.4 is 5.32 Å². The van der Waals surface area contributed by atoms with E-state index in [1.165, 1.54) is 5.56 Å².